The lowest BCUT2D eigenvalue weighted by Crippen LogP contribution is -3.06. The highest BCUT2D eigenvalue weighted by Gasteiger charge is 2.30. The number of halogens is 1. The minimum absolute atomic E-state index is 0.162. The van der Waals surface area contributed by atoms with Gasteiger partial charge in [0.1, 0.15) is 4.90 Å². The normalized spacial score (nSPS) is 16.4. The molecule has 0 aromatic heterocycles. The van der Waals surface area contributed by atoms with Crippen molar-refractivity contribution in [3.8, 4) is 0 Å². The van der Waals surface area contributed by atoms with Crippen LogP contribution >= 0.6 is 23.8 Å². The monoisotopic (exact) mass is 391 g/mol. The van der Waals surface area contributed by atoms with E-state index in [1.807, 2.05) is 4.90 Å². The second kappa shape index (κ2) is 8.44. The Morgan fingerprint density at radius 2 is 1.88 bits per heavy atom. The molecule has 0 saturated carbocycles. The van der Waals surface area contributed by atoms with Crippen LogP contribution in [0.3, 0.4) is 0 Å². The molecule has 2 rings (SSSR count). The largest absolute Gasteiger partial charge is 0.357 e. The fourth-order valence-electron chi connectivity index (χ4n) is 2.46. The van der Waals surface area contributed by atoms with E-state index in [1.165, 1.54) is 9.21 Å². The molecular weight excluding hydrogens is 368 g/mol. The quantitative estimate of drug-likeness (QED) is 0.673. The number of hydrogen-bond acceptors (Lipinski definition) is 3. The Morgan fingerprint density at radius 3 is 2.46 bits per heavy atom. The van der Waals surface area contributed by atoms with Crippen molar-refractivity contribution in [1.29, 1.82) is 0 Å². The minimum atomic E-state index is -3.56. The third-order valence-corrected chi connectivity index (χ3v) is 6.68. The van der Waals surface area contributed by atoms with E-state index in [0.29, 0.717) is 31.3 Å². The van der Waals surface area contributed by atoms with E-state index >= 15 is 0 Å². The van der Waals surface area contributed by atoms with Crippen molar-refractivity contribution >= 4 is 39.0 Å². The molecule has 1 aromatic rings. The van der Waals surface area contributed by atoms with Gasteiger partial charge in [-0.15, -0.1) is 0 Å². The first kappa shape index (κ1) is 19.4. The van der Waals surface area contributed by atoms with E-state index < -0.39 is 10.0 Å². The molecule has 6 nitrogen and oxygen atoms in total. The van der Waals surface area contributed by atoms with Crippen molar-refractivity contribution < 1.29 is 13.3 Å². The number of hydrogen-bond donors (Lipinski definition) is 2. The lowest BCUT2D eigenvalue weighted by atomic mass is 10.4. The standard InChI is InChI=1S/C15H23ClN4O2S2/c1-18(2)8-7-17-15(23)19-9-11-20(12-10-19)24(21,22)14-6-4-3-5-13(14)16/h3-6H,7-12H2,1-2H3,(H,17,23)/p+1. The van der Waals surface area contributed by atoms with E-state index in [-0.39, 0.29) is 9.92 Å². The second-order valence-electron chi connectivity index (χ2n) is 6.01. The Labute approximate surface area is 154 Å². The van der Waals surface area contributed by atoms with Gasteiger partial charge in [-0.3, -0.25) is 0 Å². The van der Waals surface area contributed by atoms with Crippen LogP contribution in [0.15, 0.2) is 29.2 Å². The summed E-state index contributed by atoms with van der Waals surface area (Å²) < 4.78 is 26.9. The summed E-state index contributed by atoms with van der Waals surface area (Å²) in [6.45, 7) is 3.72. The summed E-state index contributed by atoms with van der Waals surface area (Å²) in [7, 11) is 0.610. The molecule has 134 valence electrons. The smallest absolute Gasteiger partial charge is 0.244 e. The highest BCUT2D eigenvalue weighted by molar-refractivity contribution is 7.89. The topological polar surface area (TPSA) is 57.1 Å². The van der Waals surface area contributed by atoms with Crippen molar-refractivity contribution in [2.75, 3.05) is 53.4 Å². The maximum absolute atomic E-state index is 12.7. The van der Waals surface area contributed by atoms with E-state index in [1.54, 1.807) is 24.3 Å². The molecule has 1 aliphatic rings. The first-order valence-corrected chi connectivity index (χ1v) is 10.1. The average molecular weight is 392 g/mol. The highest BCUT2D eigenvalue weighted by atomic mass is 35.5. The molecular formula is C15H24ClN4O2S2+. The molecule has 1 fully saturated rings. The van der Waals surface area contributed by atoms with Gasteiger partial charge in [-0.1, -0.05) is 23.7 Å². The lowest BCUT2D eigenvalue weighted by Gasteiger charge is -2.35. The summed E-state index contributed by atoms with van der Waals surface area (Å²) in [5.41, 5.74) is 0. The Hall–Kier alpha value is -0.930. The van der Waals surface area contributed by atoms with Gasteiger partial charge in [-0.2, -0.15) is 4.31 Å². The molecule has 24 heavy (non-hydrogen) atoms. The van der Waals surface area contributed by atoms with Gasteiger partial charge in [0, 0.05) is 26.2 Å². The molecule has 1 aromatic carbocycles. The molecule has 1 aliphatic heterocycles. The molecule has 0 unspecified atom stereocenters. The molecule has 0 amide bonds. The zero-order valence-corrected chi connectivity index (χ0v) is 16.3. The number of quaternary nitrogens is 1. The number of nitrogens with zero attached hydrogens (tertiary/aromatic N) is 2. The minimum Gasteiger partial charge on any atom is -0.357 e. The Kier molecular flexibility index (Phi) is 6.82. The van der Waals surface area contributed by atoms with Crippen LogP contribution in [-0.2, 0) is 10.0 Å². The van der Waals surface area contributed by atoms with Crippen molar-refractivity contribution in [1.82, 2.24) is 14.5 Å². The summed E-state index contributed by atoms with van der Waals surface area (Å²) >= 11 is 11.4. The Balaban J connectivity index is 1.93. The predicted molar refractivity (Wildman–Crippen MR) is 100 cm³/mol. The number of benzene rings is 1. The molecule has 1 saturated heterocycles. The molecule has 0 spiro atoms. The Morgan fingerprint density at radius 1 is 1.25 bits per heavy atom. The zero-order chi connectivity index (χ0) is 17.7. The number of sulfonamides is 1. The van der Waals surface area contributed by atoms with Crippen molar-refractivity contribution in [2.45, 2.75) is 4.90 Å². The first-order chi connectivity index (χ1) is 11.3. The molecule has 0 radical (unpaired) electrons. The number of likely N-dealkylation sites (N-methyl/N-ethyl adjacent to an activating group) is 1. The SMILES string of the molecule is C[NH+](C)CCNC(=S)N1CCN(S(=O)(=O)c2ccccc2Cl)CC1. The number of thiocarbonyl (C=S) groups is 1. The molecule has 0 aliphatic carbocycles. The number of rotatable bonds is 5. The van der Waals surface area contributed by atoms with Gasteiger partial charge in [0.15, 0.2) is 5.11 Å². The van der Waals surface area contributed by atoms with Crippen LogP contribution in [-0.4, -0.2) is 76.1 Å². The molecule has 0 bridgehead atoms. The number of piperazine rings is 1. The van der Waals surface area contributed by atoms with Crippen LogP contribution in [0.1, 0.15) is 0 Å². The third-order valence-electron chi connectivity index (χ3n) is 3.88. The fourth-order valence-corrected chi connectivity index (χ4v) is 4.66. The van der Waals surface area contributed by atoms with Crippen LogP contribution < -0.4 is 10.2 Å². The van der Waals surface area contributed by atoms with Crippen molar-refractivity contribution in [3.05, 3.63) is 29.3 Å². The van der Waals surface area contributed by atoms with E-state index in [0.717, 1.165) is 13.1 Å². The number of nitrogens with one attached hydrogen (secondary N) is 2. The molecule has 0 atom stereocenters. The predicted octanol–water partition coefficient (Wildman–Crippen LogP) is -0.335. The van der Waals surface area contributed by atoms with Gasteiger partial charge in [0.05, 0.1) is 32.2 Å². The van der Waals surface area contributed by atoms with Gasteiger partial charge >= 0.3 is 0 Å². The van der Waals surface area contributed by atoms with Gasteiger partial charge in [0.25, 0.3) is 0 Å². The van der Waals surface area contributed by atoms with Crippen LogP contribution in [0.25, 0.3) is 0 Å². The summed E-state index contributed by atoms with van der Waals surface area (Å²) in [5.74, 6) is 0. The maximum Gasteiger partial charge on any atom is 0.244 e. The third kappa shape index (κ3) is 4.80. The van der Waals surface area contributed by atoms with Gasteiger partial charge in [0.2, 0.25) is 10.0 Å². The first-order valence-electron chi connectivity index (χ1n) is 7.89. The zero-order valence-electron chi connectivity index (χ0n) is 14.0. The van der Waals surface area contributed by atoms with Crippen LogP contribution in [0.4, 0.5) is 0 Å². The van der Waals surface area contributed by atoms with Gasteiger partial charge in [-0.25, -0.2) is 8.42 Å². The van der Waals surface area contributed by atoms with Crippen LogP contribution in [0, 0.1) is 0 Å². The average Bonchev–Trinajstić information content (AvgIpc) is 2.54. The van der Waals surface area contributed by atoms with Gasteiger partial charge in [-0.05, 0) is 24.4 Å². The lowest BCUT2D eigenvalue weighted by molar-refractivity contribution is -0.856. The summed E-state index contributed by atoms with van der Waals surface area (Å²) in [4.78, 5) is 3.52. The maximum atomic E-state index is 12.7. The molecule has 2 N–H and O–H groups in total. The van der Waals surface area contributed by atoms with Crippen LogP contribution in [0.2, 0.25) is 5.02 Å². The molecule has 9 heteroatoms. The van der Waals surface area contributed by atoms with E-state index in [4.69, 9.17) is 23.8 Å². The van der Waals surface area contributed by atoms with Crippen molar-refractivity contribution in [2.24, 2.45) is 0 Å². The summed E-state index contributed by atoms with van der Waals surface area (Å²) in [6, 6.07) is 6.54. The van der Waals surface area contributed by atoms with Gasteiger partial charge < -0.3 is 15.1 Å². The second-order valence-corrected chi connectivity index (χ2v) is 8.71. The van der Waals surface area contributed by atoms with E-state index in [2.05, 4.69) is 19.4 Å². The van der Waals surface area contributed by atoms with Crippen molar-refractivity contribution in [3.63, 3.8) is 0 Å². The van der Waals surface area contributed by atoms with Crippen LogP contribution in [0.5, 0.6) is 0 Å². The highest BCUT2D eigenvalue weighted by Crippen LogP contribution is 2.24. The molecule has 1 heterocycles. The summed E-state index contributed by atoms with van der Waals surface area (Å²) in [6.07, 6.45) is 0. The summed E-state index contributed by atoms with van der Waals surface area (Å²) in [5, 5.41) is 4.16. The fraction of sp³-hybridized carbons (Fsp3) is 0.533. The Bertz CT molecular complexity index is 674. The van der Waals surface area contributed by atoms with E-state index in [9.17, 15) is 8.42 Å².